The predicted octanol–water partition coefficient (Wildman–Crippen LogP) is 2.44. The number of benzene rings is 2. The number of nitrogens with zero attached hydrogens (tertiary/aromatic N) is 3. The van der Waals surface area contributed by atoms with Crippen molar-refractivity contribution in [2.75, 3.05) is 26.2 Å². The van der Waals surface area contributed by atoms with Gasteiger partial charge in [0.05, 0.1) is 22.6 Å². The minimum absolute atomic E-state index is 0.108. The molecule has 1 N–H and O–H groups in total. The lowest BCUT2D eigenvalue weighted by Gasteiger charge is -2.32. The molecule has 2 amide bonds. The molecule has 0 bridgehead atoms. The second kappa shape index (κ2) is 10.4. The Morgan fingerprint density at radius 2 is 1.74 bits per heavy atom. The van der Waals surface area contributed by atoms with Gasteiger partial charge in [0.15, 0.2) is 0 Å². The van der Waals surface area contributed by atoms with Crippen LogP contribution >= 0.6 is 0 Å². The van der Waals surface area contributed by atoms with Crippen molar-refractivity contribution in [2.24, 2.45) is 5.92 Å². The number of nitriles is 1. The number of carbonyl (C=O) groups is 2. The summed E-state index contributed by atoms with van der Waals surface area (Å²) in [5, 5.41) is 12.0. The van der Waals surface area contributed by atoms with Crippen LogP contribution in [0.4, 0.5) is 0 Å². The molecule has 9 heteroatoms. The fourth-order valence-electron chi connectivity index (χ4n) is 4.54. The molecule has 0 spiro atoms. The van der Waals surface area contributed by atoms with Gasteiger partial charge in [-0.25, -0.2) is 8.42 Å². The zero-order valence-electron chi connectivity index (χ0n) is 18.9. The molecule has 2 heterocycles. The standard InChI is InChI=1S/C25H28N4O4S/c26-17-19-8-10-22(11-9-19)34(32,33)29-15-12-21(13-16-29)25(31)27-23(20-5-2-1-3-6-20)18-28-14-4-7-24(28)30/h1-3,5-6,8-11,21,23H,4,7,12-16,18H2,(H,27,31). The van der Waals surface area contributed by atoms with Crippen LogP contribution in [-0.4, -0.2) is 55.6 Å². The lowest BCUT2D eigenvalue weighted by molar-refractivity contribution is -0.130. The average molecular weight is 481 g/mol. The second-order valence-corrected chi connectivity index (χ2v) is 10.7. The highest BCUT2D eigenvalue weighted by molar-refractivity contribution is 7.89. The van der Waals surface area contributed by atoms with Crippen LogP contribution in [0.1, 0.15) is 42.9 Å². The average Bonchev–Trinajstić information content (AvgIpc) is 3.28. The molecule has 2 aliphatic rings. The van der Waals surface area contributed by atoms with E-state index in [9.17, 15) is 18.0 Å². The van der Waals surface area contributed by atoms with E-state index in [1.165, 1.54) is 28.6 Å². The molecule has 1 unspecified atom stereocenters. The summed E-state index contributed by atoms with van der Waals surface area (Å²) >= 11 is 0. The quantitative estimate of drug-likeness (QED) is 0.654. The summed E-state index contributed by atoms with van der Waals surface area (Å²) in [6.45, 7) is 1.63. The van der Waals surface area contributed by atoms with E-state index in [1.807, 2.05) is 36.4 Å². The maximum absolute atomic E-state index is 13.1. The number of rotatable bonds is 7. The largest absolute Gasteiger partial charge is 0.347 e. The molecule has 0 aliphatic carbocycles. The highest BCUT2D eigenvalue weighted by Gasteiger charge is 2.33. The van der Waals surface area contributed by atoms with E-state index in [0.29, 0.717) is 37.9 Å². The normalized spacial score (nSPS) is 18.4. The number of hydrogen-bond acceptors (Lipinski definition) is 5. The SMILES string of the molecule is N#Cc1ccc(S(=O)(=O)N2CCC(C(=O)NC(CN3CCCC3=O)c3ccccc3)CC2)cc1. The fourth-order valence-corrected chi connectivity index (χ4v) is 6.01. The minimum Gasteiger partial charge on any atom is -0.347 e. The Hall–Kier alpha value is -3.22. The lowest BCUT2D eigenvalue weighted by atomic mass is 9.96. The van der Waals surface area contributed by atoms with E-state index in [0.717, 1.165) is 12.0 Å². The van der Waals surface area contributed by atoms with Crippen LogP contribution in [0.25, 0.3) is 0 Å². The van der Waals surface area contributed by atoms with Gasteiger partial charge in [0.2, 0.25) is 21.8 Å². The maximum atomic E-state index is 13.1. The minimum atomic E-state index is -3.68. The zero-order chi connectivity index (χ0) is 24.1. The second-order valence-electron chi connectivity index (χ2n) is 8.73. The van der Waals surface area contributed by atoms with E-state index in [4.69, 9.17) is 5.26 Å². The van der Waals surface area contributed by atoms with Gasteiger partial charge in [0.25, 0.3) is 0 Å². The Kier molecular flexibility index (Phi) is 7.29. The van der Waals surface area contributed by atoms with E-state index in [-0.39, 0.29) is 41.8 Å². The Bertz CT molecular complexity index is 1170. The Labute approximate surface area is 200 Å². The molecule has 178 valence electrons. The molecule has 1 atom stereocenters. The third-order valence-electron chi connectivity index (χ3n) is 6.54. The molecule has 2 saturated heterocycles. The molecular weight excluding hydrogens is 452 g/mol. The molecule has 4 rings (SSSR count). The Morgan fingerprint density at radius 1 is 1.06 bits per heavy atom. The third kappa shape index (κ3) is 5.29. The number of carbonyl (C=O) groups excluding carboxylic acids is 2. The van der Waals surface area contributed by atoms with Crippen LogP contribution in [0.15, 0.2) is 59.5 Å². The van der Waals surface area contributed by atoms with E-state index in [2.05, 4.69) is 5.32 Å². The molecule has 0 radical (unpaired) electrons. The topological polar surface area (TPSA) is 111 Å². The molecule has 34 heavy (non-hydrogen) atoms. The summed E-state index contributed by atoms with van der Waals surface area (Å²) in [6, 6.07) is 17.1. The summed E-state index contributed by atoms with van der Waals surface area (Å²) < 4.78 is 27.3. The zero-order valence-corrected chi connectivity index (χ0v) is 19.7. The van der Waals surface area contributed by atoms with Crippen LogP contribution in [-0.2, 0) is 19.6 Å². The first-order valence-electron chi connectivity index (χ1n) is 11.5. The van der Waals surface area contributed by atoms with Crippen LogP contribution in [0.5, 0.6) is 0 Å². The van der Waals surface area contributed by atoms with Gasteiger partial charge in [-0.05, 0) is 49.1 Å². The molecular formula is C25H28N4O4S. The maximum Gasteiger partial charge on any atom is 0.243 e. The fraction of sp³-hybridized carbons (Fsp3) is 0.400. The van der Waals surface area contributed by atoms with Gasteiger partial charge < -0.3 is 10.2 Å². The van der Waals surface area contributed by atoms with E-state index < -0.39 is 10.0 Å². The number of nitrogens with one attached hydrogen (secondary N) is 1. The summed E-state index contributed by atoms with van der Waals surface area (Å²) in [4.78, 5) is 27.2. The first kappa shape index (κ1) is 23.9. The Balaban J connectivity index is 1.39. The summed E-state index contributed by atoms with van der Waals surface area (Å²) in [7, 11) is -3.68. The highest BCUT2D eigenvalue weighted by atomic mass is 32.2. The van der Waals surface area contributed by atoms with Crippen molar-refractivity contribution >= 4 is 21.8 Å². The van der Waals surface area contributed by atoms with Crippen molar-refractivity contribution < 1.29 is 18.0 Å². The molecule has 2 fully saturated rings. The third-order valence-corrected chi connectivity index (χ3v) is 8.45. The summed E-state index contributed by atoms with van der Waals surface area (Å²) in [5.74, 6) is -0.305. The van der Waals surface area contributed by atoms with Crippen molar-refractivity contribution in [3.63, 3.8) is 0 Å². The van der Waals surface area contributed by atoms with Crippen molar-refractivity contribution in [3.05, 3.63) is 65.7 Å². The molecule has 2 aromatic carbocycles. The van der Waals surface area contributed by atoms with Crippen LogP contribution < -0.4 is 5.32 Å². The predicted molar refractivity (Wildman–Crippen MR) is 126 cm³/mol. The van der Waals surface area contributed by atoms with Crippen molar-refractivity contribution in [1.29, 1.82) is 5.26 Å². The number of hydrogen-bond donors (Lipinski definition) is 1. The van der Waals surface area contributed by atoms with Crippen molar-refractivity contribution in [3.8, 4) is 6.07 Å². The van der Waals surface area contributed by atoms with Crippen LogP contribution in [0.3, 0.4) is 0 Å². The van der Waals surface area contributed by atoms with Gasteiger partial charge in [-0.2, -0.15) is 9.57 Å². The number of sulfonamides is 1. The monoisotopic (exact) mass is 480 g/mol. The van der Waals surface area contributed by atoms with Gasteiger partial charge in [0, 0.05) is 38.5 Å². The van der Waals surface area contributed by atoms with Crippen molar-refractivity contribution in [2.45, 2.75) is 36.6 Å². The molecule has 2 aromatic rings. The highest BCUT2D eigenvalue weighted by Crippen LogP contribution is 2.26. The van der Waals surface area contributed by atoms with Gasteiger partial charge in [0.1, 0.15) is 0 Å². The van der Waals surface area contributed by atoms with Gasteiger partial charge in [-0.3, -0.25) is 9.59 Å². The van der Waals surface area contributed by atoms with Gasteiger partial charge >= 0.3 is 0 Å². The number of amides is 2. The van der Waals surface area contributed by atoms with Crippen LogP contribution in [0.2, 0.25) is 0 Å². The van der Waals surface area contributed by atoms with E-state index in [1.54, 1.807) is 4.90 Å². The Morgan fingerprint density at radius 3 is 2.32 bits per heavy atom. The molecule has 8 nitrogen and oxygen atoms in total. The van der Waals surface area contributed by atoms with Crippen LogP contribution in [0, 0.1) is 17.2 Å². The number of likely N-dealkylation sites (tertiary alicyclic amines) is 1. The van der Waals surface area contributed by atoms with E-state index >= 15 is 0 Å². The molecule has 2 aliphatic heterocycles. The molecule has 0 aromatic heterocycles. The summed E-state index contributed by atoms with van der Waals surface area (Å²) in [5.41, 5.74) is 1.34. The molecule has 0 saturated carbocycles. The lowest BCUT2D eigenvalue weighted by Crippen LogP contribution is -2.45. The number of piperidine rings is 1. The van der Waals surface area contributed by atoms with Crippen molar-refractivity contribution in [1.82, 2.24) is 14.5 Å². The smallest absolute Gasteiger partial charge is 0.243 e. The van der Waals surface area contributed by atoms with Gasteiger partial charge in [-0.15, -0.1) is 0 Å². The first-order valence-corrected chi connectivity index (χ1v) is 13.0. The summed E-state index contributed by atoms with van der Waals surface area (Å²) in [6.07, 6.45) is 2.22. The first-order chi connectivity index (χ1) is 16.4. The van der Waals surface area contributed by atoms with Gasteiger partial charge in [-0.1, -0.05) is 30.3 Å².